The number of rotatable bonds is 8. The molecule has 0 saturated heterocycles. The number of aliphatic hydroxyl groups is 1. The summed E-state index contributed by atoms with van der Waals surface area (Å²) in [5.74, 6) is 0.861. The summed E-state index contributed by atoms with van der Waals surface area (Å²) in [5, 5.41) is 8.59. The van der Waals surface area contributed by atoms with Crippen molar-refractivity contribution in [1.82, 2.24) is 0 Å². The second-order valence-electron chi connectivity index (χ2n) is 3.51. The van der Waals surface area contributed by atoms with Crippen molar-refractivity contribution in [3.8, 4) is 0 Å². The number of hydrogen-bond donors (Lipinski definition) is 1. The summed E-state index contributed by atoms with van der Waals surface area (Å²) >= 11 is 2.44. The molecule has 0 amide bonds. The maximum atomic E-state index is 8.59. The minimum absolute atomic E-state index is 0.362. The molecule has 0 rings (SSSR count). The van der Waals surface area contributed by atoms with E-state index in [2.05, 4.69) is 29.5 Å². The minimum atomic E-state index is 0.362. The van der Waals surface area contributed by atoms with Crippen LogP contribution in [0, 0.1) is 5.92 Å². The predicted molar refractivity (Wildman–Crippen MR) is 62.8 cm³/mol. The van der Waals surface area contributed by atoms with Crippen LogP contribution in [0.25, 0.3) is 0 Å². The highest BCUT2D eigenvalue weighted by atomic mass is 127. The number of alkyl halides is 1. The summed E-state index contributed by atoms with van der Waals surface area (Å²) < 4.78 is 1.29. The fourth-order valence-corrected chi connectivity index (χ4v) is 1.88. The predicted octanol–water partition coefficient (Wildman–Crippen LogP) is 3.39. The summed E-state index contributed by atoms with van der Waals surface area (Å²) in [4.78, 5) is 0. The minimum Gasteiger partial charge on any atom is -0.396 e. The lowest BCUT2D eigenvalue weighted by Gasteiger charge is -2.09. The van der Waals surface area contributed by atoms with Gasteiger partial charge in [0.15, 0.2) is 0 Å². The van der Waals surface area contributed by atoms with E-state index >= 15 is 0 Å². The number of halogens is 1. The molecular formula is C10H21IO. The highest BCUT2D eigenvalue weighted by Gasteiger charge is 2.00. The zero-order valence-electron chi connectivity index (χ0n) is 8.06. The molecule has 0 heterocycles. The van der Waals surface area contributed by atoms with E-state index in [1.54, 1.807) is 0 Å². The van der Waals surface area contributed by atoms with Gasteiger partial charge in [0.05, 0.1) is 0 Å². The molecule has 74 valence electrons. The fourth-order valence-electron chi connectivity index (χ4n) is 1.34. The van der Waals surface area contributed by atoms with Crippen molar-refractivity contribution in [2.75, 3.05) is 11.0 Å². The van der Waals surface area contributed by atoms with Crippen LogP contribution in [0.5, 0.6) is 0 Å². The second kappa shape index (κ2) is 9.78. The Balaban J connectivity index is 3.04. The molecule has 2 heteroatoms. The highest BCUT2D eigenvalue weighted by molar-refractivity contribution is 14.1. The van der Waals surface area contributed by atoms with Gasteiger partial charge in [0, 0.05) is 6.61 Å². The third-order valence-electron chi connectivity index (χ3n) is 2.19. The van der Waals surface area contributed by atoms with Gasteiger partial charge in [0.2, 0.25) is 0 Å². The average molecular weight is 284 g/mol. The number of hydrogen-bond acceptors (Lipinski definition) is 1. The molecule has 0 fully saturated rings. The first-order valence-electron chi connectivity index (χ1n) is 4.98. The van der Waals surface area contributed by atoms with E-state index in [-0.39, 0.29) is 0 Å². The standard InChI is InChI=1S/C10H21IO/c1-10(6-2-4-8-11)7-3-5-9-12/h10,12H,2-9H2,1H3/t10-/m0/s1. The van der Waals surface area contributed by atoms with Crippen molar-refractivity contribution in [1.29, 1.82) is 0 Å². The Bertz CT molecular complexity index is 75.9. The Morgan fingerprint density at radius 1 is 1.08 bits per heavy atom. The molecule has 0 saturated carbocycles. The lowest BCUT2D eigenvalue weighted by atomic mass is 9.98. The molecule has 0 aliphatic heterocycles. The fraction of sp³-hybridized carbons (Fsp3) is 1.00. The monoisotopic (exact) mass is 284 g/mol. The Morgan fingerprint density at radius 3 is 2.17 bits per heavy atom. The zero-order chi connectivity index (χ0) is 9.23. The molecule has 0 unspecified atom stereocenters. The normalized spacial score (nSPS) is 13.2. The molecular weight excluding hydrogens is 263 g/mol. The van der Waals surface area contributed by atoms with Crippen LogP contribution in [0.2, 0.25) is 0 Å². The van der Waals surface area contributed by atoms with Crippen LogP contribution in [0.1, 0.15) is 45.4 Å². The van der Waals surface area contributed by atoms with Gasteiger partial charge in [-0.3, -0.25) is 0 Å². The lowest BCUT2D eigenvalue weighted by Crippen LogP contribution is -1.96. The number of aliphatic hydroxyl groups excluding tert-OH is 1. The summed E-state index contributed by atoms with van der Waals surface area (Å²) in [7, 11) is 0. The summed E-state index contributed by atoms with van der Waals surface area (Å²) in [5.41, 5.74) is 0. The van der Waals surface area contributed by atoms with Gasteiger partial charge in [-0.2, -0.15) is 0 Å². The summed E-state index contributed by atoms with van der Waals surface area (Å²) in [6.07, 6.45) is 7.59. The van der Waals surface area contributed by atoms with E-state index in [0.717, 1.165) is 12.3 Å². The van der Waals surface area contributed by atoms with E-state index in [0.29, 0.717) is 6.61 Å². The summed E-state index contributed by atoms with van der Waals surface area (Å²) in [6.45, 7) is 2.69. The second-order valence-corrected chi connectivity index (χ2v) is 4.59. The van der Waals surface area contributed by atoms with Gasteiger partial charge in [-0.05, 0) is 23.2 Å². The van der Waals surface area contributed by atoms with Gasteiger partial charge in [-0.1, -0.05) is 55.2 Å². The van der Waals surface area contributed by atoms with Crippen molar-refractivity contribution < 1.29 is 5.11 Å². The van der Waals surface area contributed by atoms with Crippen molar-refractivity contribution >= 4 is 22.6 Å². The van der Waals surface area contributed by atoms with Crippen molar-refractivity contribution in [3.63, 3.8) is 0 Å². The van der Waals surface area contributed by atoms with Crippen LogP contribution in [0.4, 0.5) is 0 Å². The molecule has 1 nitrogen and oxygen atoms in total. The Kier molecular flexibility index (Phi) is 10.3. The van der Waals surface area contributed by atoms with Gasteiger partial charge >= 0.3 is 0 Å². The van der Waals surface area contributed by atoms with Gasteiger partial charge in [0.25, 0.3) is 0 Å². The van der Waals surface area contributed by atoms with E-state index in [4.69, 9.17) is 5.11 Å². The molecule has 0 radical (unpaired) electrons. The van der Waals surface area contributed by atoms with Crippen LogP contribution in [0.15, 0.2) is 0 Å². The van der Waals surface area contributed by atoms with Crippen LogP contribution >= 0.6 is 22.6 Å². The SMILES string of the molecule is C[C@H](CCCCO)CCCCI. The average Bonchev–Trinajstić information content (AvgIpc) is 2.06. The maximum Gasteiger partial charge on any atom is 0.0431 e. The molecule has 0 aromatic rings. The van der Waals surface area contributed by atoms with Crippen molar-refractivity contribution in [2.24, 2.45) is 5.92 Å². The Morgan fingerprint density at radius 2 is 1.67 bits per heavy atom. The Hall–Kier alpha value is 0.690. The molecule has 0 bridgehead atoms. The van der Waals surface area contributed by atoms with Crippen LogP contribution in [-0.4, -0.2) is 16.1 Å². The van der Waals surface area contributed by atoms with Crippen LogP contribution in [-0.2, 0) is 0 Å². The first-order chi connectivity index (χ1) is 5.81. The van der Waals surface area contributed by atoms with Gasteiger partial charge in [0.1, 0.15) is 0 Å². The molecule has 0 aromatic heterocycles. The smallest absolute Gasteiger partial charge is 0.0431 e. The van der Waals surface area contributed by atoms with Crippen LogP contribution < -0.4 is 0 Å². The quantitative estimate of drug-likeness (QED) is 0.411. The largest absolute Gasteiger partial charge is 0.396 e. The molecule has 0 aliphatic rings. The van der Waals surface area contributed by atoms with Gasteiger partial charge in [-0.15, -0.1) is 0 Å². The summed E-state index contributed by atoms with van der Waals surface area (Å²) in [6, 6.07) is 0. The molecule has 0 aliphatic carbocycles. The molecule has 0 spiro atoms. The Labute approximate surface area is 90.1 Å². The van der Waals surface area contributed by atoms with E-state index in [9.17, 15) is 0 Å². The van der Waals surface area contributed by atoms with Gasteiger partial charge < -0.3 is 5.11 Å². The van der Waals surface area contributed by atoms with Crippen LogP contribution in [0.3, 0.4) is 0 Å². The molecule has 12 heavy (non-hydrogen) atoms. The third-order valence-corrected chi connectivity index (χ3v) is 2.95. The van der Waals surface area contributed by atoms with E-state index < -0.39 is 0 Å². The van der Waals surface area contributed by atoms with Crippen molar-refractivity contribution in [2.45, 2.75) is 45.4 Å². The highest BCUT2D eigenvalue weighted by Crippen LogP contribution is 2.15. The zero-order valence-corrected chi connectivity index (χ0v) is 10.2. The van der Waals surface area contributed by atoms with E-state index in [1.807, 2.05) is 0 Å². The van der Waals surface area contributed by atoms with Crippen molar-refractivity contribution in [3.05, 3.63) is 0 Å². The first kappa shape index (κ1) is 12.7. The molecule has 0 aromatic carbocycles. The molecule has 1 N–H and O–H groups in total. The van der Waals surface area contributed by atoms with E-state index in [1.165, 1.54) is 36.5 Å². The maximum absolute atomic E-state index is 8.59. The molecule has 1 atom stereocenters. The number of unbranched alkanes of at least 4 members (excludes halogenated alkanes) is 2. The first-order valence-corrected chi connectivity index (χ1v) is 6.50. The topological polar surface area (TPSA) is 20.2 Å². The van der Waals surface area contributed by atoms with Gasteiger partial charge in [-0.25, -0.2) is 0 Å². The lowest BCUT2D eigenvalue weighted by molar-refractivity contribution is 0.277. The third kappa shape index (κ3) is 8.78.